The Labute approximate surface area is 282 Å². The summed E-state index contributed by atoms with van der Waals surface area (Å²) in [5.74, 6) is -0.351. The Hall–Kier alpha value is -5.11. The molecule has 2 amide bonds. The molecule has 0 saturated carbocycles. The fourth-order valence-electron chi connectivity index (χ4n) is 6.72. The van der Waals surface area contributed by atoms with Crippen LogP contribution < -0.4 is 9.64 Å². The lowest BCUT2D eigenvalue weighted by molar-refractivity contribution is -0.131. The molecule has 1 N–H and O–H groups in total. The molecule has 4 aromatic rings. The summed E-state index contributed by atoms with van der Waals surface area (Å²) in [7, 11) is 1.47. The number of rotatable bonds is 8. The standard InChI is InChI=1S/C35H38F2N8O4/c1-48-30-19-26(36)21-38-34(30)42-11-13-43(14-12-42)35(47)29-20-28-25(17-23-5-15-49-16-6-23)18-27(32(37)33(28)40-29)24-3-2-8-44(22-24)31(46)4-9-45-10-7-39-41-45/h3,7,10,17-21,40H,2,4-6,8-9,11-16,22H2,1H3. The predicted molar refractivity (Wildman–Crippen MR) is 179 cm³/mol. The van der Waals surface area contributed by atoms with E-state index in [0.29, 0.717) is 87.1 Å². The molecule has 6 heterocycles. The second kappa shape index (κ2) is 14.2. The molecule has 7 rings (SSSR count). The van der Waals surface area contributed by atoms with E-state index in [1.807, 2.05) is 17.0 Å². The highest BCUT2D eigenvalue weighted by molar-refractivity contribution is 6.02. The van der Waals surface area contributed by atoms with Gasteiger partial charge in [0, 0.05) is 68.9 Å². The Bertz CT molecular complexity index is 1910. The van der Waals surface area contributed by atoms with Gasteiger partial charge in [-0.25, -0.2) is 13.8 Å². The van der Waals surface area contributed by atoms with Gasteiger partial charge in [-0.15, -0.1) is 5.10 Å². The Kier molecular flexibility index (Phi) is 9.38. The molecule has 3 aliphatic heterocycles. The van der Waals surface area contributed by atoms with Crippen molar-refractivity contribution in [1.82, 2.24) is 34.8 Å². The van der Waals surface area contributed by atoms with E-state index in [0.717, 1.165) is 30.2 Å². The second-order valence-corrected chi connectivity index (χ2v) is 12.4. The Morgan fingerprint density at radius 3 is 2.63 bits per heavy atom. The molecular formula is C35H38F2N8O4. The number of amides is 2. The number of benzene rings is 1. The number of methoxy groups -OCH3 is 1. The molecule has 0 radical (unpaired) electrons. The SMILES string of the molecule is COc1cc(F)cnc1N1CCN(C(=O)c2cc3c(C=C4CCOCC4)cc(C4=CCCN(C(=O)CCn5ccnn5)C4)c(F)c3[nH]2)CC1. The zero-order chi connectivity index (χ0) is 33.9. The summed E-state index contributed by atoms with van der Waals surface area (Å²) in [5.41, 5.74) is 3.71. The fourth-order valence-corrected chi connectivity index (χ4v) is 6.72. The monoisotopic (exact) mass is 672 g/mol. The number of pyridine rings is 1. The summed E-state index contributed by atoms with van der Waals surface area (Å²) in [6, 6.07) is 4.88. The van der Waals surface area contributed by atoms with Gasteiger partial charge in [-0.2, -0.15) is 0 Å². The van der Waals surface area contributed by atoms with Gasteiger partial charge in [0.15, 0.2) is 17.4 Å². The van der Waals surface area contributed by atoms with E-state index in [9.17, 15) is 14.0 Å². The molecule has 0 bridgehead atoms. The summed E-state index contributed by atoms with van der Waals surface area (Å²) in [6.07, 6.45) is 10.9. The molecule has 14 heteroatoms. The van der Waals surface area contributed by atoms with Crippen molar-refractivity contribution < 1.29 is 27.8 Å². The maximum absolute atomic E-state index is 16.5. The normalized spacial score (nSPS) is 17.0. The zero-order valence-corrected chi connectivity index (χ0v) is 27.3. The third-order valence-corrected chi connectivity index (χ3v) is 9.37. The highest BCUT2D eigenvalue weighted by Crippen LogP contribution is 2.34. The third kappa shape index (κ3) is 6.91. The summed E-state index contributed by atoms with van der Waals surface area (Å²) < 4.78 is 42.7. The lowest BCUT2D eigenvalue weighted by atomic mass is 9.94. The van der Waals surface area contributed by atoms with E-state index >= 15 is 4.39 Å². The average molecular weight is 673 g/mol. The molecule has 2 saturated heterocycles. The smallest absolute Gasteiger partial charge is 0.270 e. The van der Waals surface area contributed by atoms with E-state index in [4.69, 9.17) is 9.47 Å². The number of aryl methyl sites for hydroxylation is 1. The maximum Gasteiger partial charge on any atom is 0.270 e. The van der Waals surface area contributed by atoms with Crippen molar-refractivity contribution in [2.24, 2.45) is 0 Å². The minimum Gasteiger partial charge on any atom is -0.493 e. The fraction of sp³-hybridized carbons (Fsp3) is 0.400. The summed E-state index contributed by atoms with van der Waals surface area (Å²) in [6.45, 7) is 4.25. The Balaban J connectivity index is 1.14. The van der Waals surface area contributed by atoms with Gasteiger partial charge in [-0.05, 0) is 42.5 Å². The van der Waals surface area contributed by atoms with Crippen LogP contribution in [0.5, 0.6) is 5.75 Å². The lowest BCUT2D eigenvalue weighted by Gasteiger charge is -2.35. The number of nitrogens with zero attached hydrogens (tertiary/aromatic N) is 7. The number of halogens is 2. The molecule has 0 unspecified atom stereocenters. The van der Waals surface area contributed by atoms with Crippen LogP contribution in [-0.4, -0.2) is 106 Å². The summed E-state index contributed by atoms with van der Waals surface area (Å²) in [4.78, 5) is 39.7. The van der Waals surface area contributed by atoms with Gasteiger partial charge >= 0.3 is 0 Å². The number of carbonyl (C=O) groups is 2. The largest absolute Gasteiger partial charge is 0.493 e. The van der Waals surface area contributed by atoms with E-state index in [-0.39, 0.29) is 30.3 Å². The lowest BCUT2D eigenvalue weighted by Crippen LogP contribution is -2.49. The molecule has 256 valence electrons. The van der Waals surface area contributed by atoms with Crippen LogP contribution in [0.15, 0.2) is 48.4 Å². The van der Waals surface area contributed by atoms with Gasteiger partial charge < -0.3 is 29.2 Å². The van der Waals surface area contributed by atoms with Crippen molar-refractivity contribution in [3.63, 3.8) is 0 Å². The summed E-state index contributed by atoms with van der Waals surface area (Å²) >= 11 is 0. The molecule has 3 aliphatic rings. The van der Waals surface area contributed by atoms with Gasteiger partial charge in [0.2, 0.25) is 5.91 Å². The predicted octanol–water partition coefficient (Wildman–Crippen LogP) is 4.30. The van der Waals surface area contributed by atoms with E-state index in [1.165, 1.54) is 18.7 Å². The number of carbonyl (C=O) groups excluding carboxylic acids is 2. The van der Waals surface area contributed by atoms with Crippen LogP contribution >= 0.6 is 0 Å². The number of anilines is 1. The maximum atomic E-state index is 16.5. The van der Waals surface area contributed by atoms with Crippen molar-refractivity contribution in [3.05, 3.63) is 76.9 Å². The Morgan fingerprint density at radius 2 is 1.88 bits per heavy atom. The van der Waals surface area contributed by atoms with Crippen LogP contribution in [-0.2, 0) is 16.1 Å². The van der Waals surface area contributed by atoms with Crippen LogP contribution in [0, 0.1) is 11.6 Å². The van der Waals surface area contributed by atoms with Crippen LogP contribution in [0.3, 0.4) is 0 Å². The molecule has 2 fully saturated rings. The Morgan fingerprint density at radius 1 is 1.06 bits per heavy atom. The highest BCUT2D eigenvalue weighted by atomic mass is 19.1. The molecule has 0 spiro atoms. The van der Waals surface area contributed by atoms with Gasteiger partial charge in [-0.1, -0.05) is 22.9 Å². The first-order valence-corrected chi connectivity index (χ1v) is 16.6. The van der Waals surface area contributed by atoms with Gasteiger partial charge in [0.05, 0.1) is 44.8 Å². The van der Waals surface area contributed by atoms with Gasteiger partial charge in [-0.3, -0.25) is 14.3 Å². The third-order valence-electron chi connectivity index (χ3n) is 9.37. The quantitative estimate of drug-likeness (QED) is 0.294. The molecule has 3 aromatic heterocycles. The van der Waals surface area contributed by atoms with Crippen molar-refractivity contribution >= 4 is 40.2 Å². The minimum absolute atomic E-state index is 0.0337. The minimum atomic E-state index is -0.486. The summed E-state index contributed by atoms with van der Waals surface area (Å²) in [5, 5.41) is 8.35. The molecule has 0 aliphatic carbocycles. The number of aromatic amines is 1. The van der Waals surface area contributed by atoms with Crippen molar-refractivity contribution in [3.8, 4) is 5.75 Å². The number of hydrogen-bond donors (Lipinski definition) is 1. The van der Waals surface area contributed by atoms with Crippen molar-refractivity contribution in [2.75, 3.05) is 64.5 Å². The number of H-pyrrole nitrogens is 1. The molecular weight excluding hydrogens is 634 g/mol. The molecule has 12 nitrogen and oxygen atoms in total. The van der Waals surface area contributed by atoms with Crippen LogP contribution in [0.2, 0.25) is 0 Å². The number of ether oxygens (including phenoxy) is 2. The van der Waals surface area contributed by atoms with Crippen LogP contribution in [0.4, 0.5) is 14.6 Å². The molecule has 49 heavy (non-hydrogen) atoms. The molecule has 1 aromatic carbocycles. The number of fused-ring (bicyclic) bond motifs is 1. The second-order valence-electron chi connectivity index (χ2n) is 12.4. The van der Waals surface area contributed by atoms with Gasteiger partial charge in [0.1, 0.15) is 11.5 Å². The van der Waals surface area contributed by atoms with Crippen molar-refractivity contribution in [1.29, 1.82) is 0 Å². The number of piperazine rings is 1. The number of nitrogens with one attached hydrogen (secondary N) is 1. The van der Waals surface area contributed by atoms with E-state index in [1.54, 1.807) is 32.9 Å². The first-order valence-electron chi connectivity index (χ1n) is 16.6. The van der Waals surface area contributed by atoms with Crippen LogP contribution in [0.1, 0.15) is 47.3 Å². The first-order chi connectivity index (χ1) is 23.9. The van der Waals surface area contributed by atoms with Gasteiger partial charge in [0.25, 0.3) is 5.91 Å². The number of hydrogen-bond acceptors (Lipinski definition) is 8. The van der Waals surface area contributed by atoms with Crippen molar-refractivity contribution in [2.45, 2.75) is 32.2 Å². The van der Waals surface area contributed by atoms with E-state index in [2.05, 4.69) is 26.4 Å². The zero-order valence-electron chi connectivity index (χ0n) is 27.3. The van der Waals surface area contributed by atoms with Crippen LogP contribution in [0.25, 0.3) is 22.6 Å². The number of aromatic nitrogens is 5. The topological polar surface area (TPSA) is 122 Å². The van der Waals surface area contributed by atoms with E-state index < -0.39 is 11.6 Å². The average Bonchev–Trinajstić information content (AvgIpc) is 3.83. The first kappa shape index (κ1) is 32.4. The molecule has 0 atom stereocenters. The highest BCUT2D eigenvalue weighted by Gasteiger charge is 2.28.